The van der Waals surface area contributed by atoms with Crippen LogP contribution in [-0.4, -0.2) is 42.7 Å². The number of nitrogens with zero attached hydrogens (tertiary/aromatic N) is 2. The highest BCUT2D eigenvalue weighted by atomic mass is 19.1. The minimum Gasteiger partial charge on any atom is -0.497 e. The van der Waals surface area contributed by atoms with Crippen molar-refractivity contribution in [2.45, 2.75) is 19.0 Å². The number of hydrogen-bond acceptors (Lipinski definition) is 6. The van der Waals surface area contributed by atoms with Gasteiger partial charge in [-0.1, -0.05) is 6.07 Å². The number of amides is 4. The molecule has 0 saturated carbocycles. The summed E-state index contributed by atoms with van der Waals surface area (Å²) in [6, 6.07) is 15.3. The predicted molar refractivity (Wildman–Crippen MR) is 127 cm³/mol. The van der Waals surface area contributed by atoms with Crippen molar-refractivity contribution < 1.29 is 33.0 Å². The van der Waals surface area contributed by atoms with Crippen molar-refractivity contribution in [1.82, 2.24) is 4.90 Å². The van der Waals surface area contributed by atoms with E-state index in [0.29, 0.717) is 28.5 Å². The van der Waals surface area contributed by atoms with Crippen LogP contribution in [0.25, 0.3) is 0 Å². The molecule has 2 heterocycles. The van der Waals surface area contributed by atoms with Gasteiger partial charge in [0.2, 0.25) is 12.7 Å². The molecule has 1 saturated heterocycles. The van der Waals surface area contributed by atoms with Gasteiger partial charge in [-0.05, 0) is 66.2 Å². The Morgan fingerprint density at radius 3 is 2.47 bits per heavy atom. The maximum absolute atomic E-state index is 13.5. The number of fused-ring (bicyclic) bond motifs is 1. The van der Waals surface area contributed by atoms with Gasteiger partial charge in [0, 0.05) is 12.2 Å². The number of nitrogens with one attached hydrogen (secondary N) is 1. The van der Waals surface area contributed by atoms with Gasteiger partial charge >= 0.3 is 6.03 Å². The van der Waals surface area contributed by atoms with Crippen LogP contribution in [0, 0.1) is 5.82 Å². The monoisotopic (exact) mass is 491 g/mol. The maximum atomic E-state index is 13.5. The molecule has 4 amide bonds. The second-order valence-corrected chi connectivity index (χ2v) is 8.24. The fraction of sp³-hybridized carbons (Fsp3) is 0.192. The molecule has 5 rings (SSSR count). The highest BCUT2D eigenvalue weighted by molar-refractivity contribution is 6.22. The van der Waals surface area contributed by atoms with Crippen LogP contribution in [0.3, 0.4) is 0 Å². The number of ether oxygens (including phenoxy) is 3. The topological polar surface area (TPSA) is 97.4 Å². The van der Waals surface area contributed by atoms with Gasteiger partial charge < -0.3 is 24.4 Å². The molecule has 9 nitrogen and oxygen atoms in total. The number of benzene rings is 3. The second-order valence-electron chi connectivity index (χ2n) is 8.24. The van der Waals surface area contributed by atoms with Crippen molar-refractivity contribution in [2.75, 3.05) is 24.1 Å². The lowest BCUT2D eigenvalue weighted by molar-refractivity contribution is -0.124. The third-order valence-electron chi connectivity index (χ3n) is 5.95. The number of hydrogen-bond donors (Lipinski definition) is 1. The van der Waals surface area contributed by atoms with Gasteiger partial charge in [-0.3, -0.25) is 9.59 Å². The van der Waals surface area contributed by atoms with Crippen LogP contribution in [0.2, 0.25) is 0 Å². The Hall–Kier alpha value is -4.60. The predicted octanol–water partition coefficient (Wildman–Crippen LogP) is 3.93. The van der Waals surface area contributed by atoms with E-state index in [0.717, 1.165) is 4.90 Å². The third kappa shape index (κ3) is 4.52. The Balaban J connectivity index is 1.40. The zero-order valence-corrected chi connectivity index (χ0v) is 19.3. The zero-order chi connectivity index (χ0) is 25.2. The molecule has 0 radical (unpaired) electrons. The van der Waals surface area contributed by atoms with E-state index in [4.69, 9.17) is 14.2 Å². The highest BCUT2D eigenvalue weighted by Crippen LogP contribution is 2.34. The van der Waals surface area contributed by atoms with Crippen LogP contribution in [-0.2, 0) is 16.1 Å². The van der Waals surface area contributed by atoms with Crippen molar-refractivity contribution in [3.63, 3.8) is 0 Å². The summed E-state index contributed by atoms with van der Waals surface area (Å²) in [6.07, 6.45) is -0.265. The van der Waals surface area contributed by atoms with Crippen LogP contribution < -0.4 is 24.4 Å². The molecule has 0 spiro atoms. The molecule has 1 fully saturated rings. The SMILES string of the molecule is COc1ccc(NC(=O)CC2C(=O)N(c3ccc(F)cc3)C(=O)N2Cc2ccc3c(c2)OCO3)cc1. The summed E-state index contributed by atoms with van der Waals surface area (Å²) in [5, 5.41) is 2.75. The Kier molecular flexibility index (Phi) is 6.16. The molecule has 0 aromatic heterocycles. The average Bonchev–Trinajstić information content (AvgIpc) is 3.43. The van der Waals surface area contributed by atoms with Crippen LogP contribution in [0.15, 0.2) is 66.7 Å². The largest absolute Gasteiger partial charge is 0.497 e. The lowest BCUT2D eigenvalue weighted by Crippen LogP contribution is -2.37. The van der Waals surface area contributed by atoms with Crippen molar-refractivity contribution in [3.05, 3.63) is 78.1 Å². The van der Waals surface area contributed by atoms with E-state index in [1.54, 1.807) is 42.5 Å². The Labute approximate surface area is 206 Å². The Morgan fingerprint density at radius 2 is 1.75 bits per heavy atom. The van der Waals surface area contributed by atoms with Crippen LogP contribution in [0.4, 0.5) is 20.6 Å². The first kappa shape index (κ1) is 23.2. The lowest BCUT2D eigenvalue weighted by Gasteiger charge is -2.22. The molecule has 1 atom stereocenters. The van der Waals surface area contributed by atoms with E-state index in [1.807, 2.05) is 0 Å². The van der Waals surface area contributed by atoms with Crippen molar-refractivity contribution in [3.8, 4) is 17.2 Å². The molecule has 0 aliphatic carbocycles. The molecule has 2 aliphatic heterocycles. The number of carbonyl (C=O) groups is 3. The molecule has 1 unspecified atom stereocenters. The summed E-state index contributed by atoms with van der Waals surface area (Å²) in [4.78, 5) is 42.0. The molecule has 10 heteroatoms. The fourth-order valence-electron chi connectivity index (χ4n) is 4.14. The number of halogens is 1. The van der Waals surface area contributed by atoms with E-state index in [9.17, 15) is 18.8 Å². The number of methoxy groups -OCH3 is 1. The Bertz CT molecular complexity index is 1310. The van der Waals surface area contributed by atoms with Gasteiger partial charge in [-0.15, -0.1) is 0 Å². The molecular formula is C26H22FN3O6. The molecule has 36 heavy (non-hydrogen) atoms. The summed E-state index contributed by atoms with van der Waals surface area (Å²) in [5.41, 5.74) is 1.44. The van der Waals surface area contributed by atoms with Crippen LogP contribution in [0.5, 0.6) is 17.2 Å². The smallest absolute Gasteiger partial charge is 0.332 e. The zero-order valence-electron chi connectivity index (χ0n) is 19.3. The number of imide groups is 1. The molecule has 1 N–H and O–H groups in total. The standard InChI is InChI=1S/C26H22FN3O6/c1-34-20-9-5-18(6-10-20)28-24(31)13-21-25(32)30(19-7-3-17(27)4-8-19)26(33)29(21)14-16-2-11-22-23(12-16)36-15-35-22/h2-12,21H,13-15H2,1H3,(H,28,31). The minimum atomic E-state index is -1.06. The first-order valence-electron chi connectivity index (χ1n) is 11.2. The minimum absolute atomic E-state index is 0.0550. The second kappa shape index (κ2) is 9.57. The van der Waals surface area contributed by atoms with Crippen LogP contribution in [0.1, 0.15) is 12.0 Å². The number of urea groups is 1. The summed E-state index contributed by atoms with van der Waals surface area (Å²) in [5.74, 6) is 0.251. The van der Waals surface area contributed by atoms with E-state index >= 15 is 0 Å². The van der Waals surface area contributed by atoms with E-state index in [-0.39, 0.29) is 25.4 Å². The molecule has 0 bridgehead atoms. The van der Waals surface area contributed by atoms with Gasteiger partial charge in [0.25, 0.3) is 5.91 Å². The van der Waals surface area contributed by atoms with Crippen molar-refractivity contribution in [1.29, 1.82) is 0 Å². The summed E-state index contributed by atoms with van der Waals surface area (Å²) < 4.78 is 29.3. The van der Waals surface area contributed by atoms with Crippen molar-refractivity contribution in [2.24, 2.45) is 0 Å². The molecule has 184 valence electrons. The summed E-state index contributed by atoms with van der Waals surface area (Å²) in [6.45, 7) is 0.159. The Morgan fingerprint density at radius 1 is 1.03 bits per heavy atom. The summed E-state index contributed by atoms with van der Waals surface area (Å²) >= 11 is 0. The van der Waals surface area contributed by atoms with E-state index < -0.39 is 29.7 Å². The van der Waals surface area contributed by atoms with Crippen molar-refractivity contribution >= 4 is 29.2 Å². The first-order valence-corrected chi connectivity index (χ1v) is 11.2. The number of anilines is 2. The normalized spacial score (nSPS) is 16.4. The summed E-state index contributed by atoms with van der Waals surface area (Å²) in [7, 11) is 1.54. The van der Waals surface area contributed by atoms with Gasteiger partial charge in [0.1, 0.15) is 17.6 Å². The first-order chi connectivity index (χ1) is 17.4. The highest BCUT2D eigenvalue weighted by Gasteiger charge is 2.46. The quantitative estimate of drug-likeness (QED) is 0.503. The molecule has 3 aromatic rings. The number of rotatable bonds is 7. The lowest BCUT2D eigenvalue weighted by atomic mass is 10.1. The van der Waals surface area contributed by atoms with E-state index in [2.05, 4.69) is 5.32 Å². The maximum Gasteiger partial charge on any atom is 0.332 e. The number of carbonyl (C=O) groups excluding carboxylic acids is 3. The van der Waals surface area contributed by atoms with Gasteiger partial charge in [0.15, 0.2) is 11.5 Å². The molecule has 2 aliphatic rings. The third-order valence-corrected chi connectivity index (χ3v) is 5.95. The molecule has 3 aromatic carbocycles. The average molecular weight is 491 g/mol. The van der Waals surface area contributed by atoms with Crippen LogP contribution >= 0.6 is 0 Å². The molecular weight excluding hydrogens is 469 g/mol. The van der Waals surface area contributed by atoms with Gasteiger partial charge in [-0.2, -0.15) is 0 Å². The fourth-order valence-corrected chi connectivity index (χ4v) is 4.14. The van der Waals surface area contributed by atoms with E-state index in [1.165, 1.54) is 36.3 Å². The van der Waals surface area contributed by atoms with Gasteiger partial charge in [-0.25, -0.2) is 14.1 Å². The van der Waals surface area contributed by atoms with Gasteiger partial charge in [0.05, 0.1) is 19.2 Å².